The zero-order chi connectivity index (χ0) is 12.8. The number of rotatable bonds is 6. The zero-order valence-corrected chi connectivity index (χ0v) is 10.9. The highest BCUT2D eigenvalue weighted by molar-refractivity contribution is 5.12. The van der Waals surface area contributed by atoms with Gasteiger partial charge in [0.15, 0.2) is 0 Å². The van der Waals surface area contributed by atoms with Crippen molar-refractivity contribution >= 4 is 0 Å². The lowest BCUT2D eigenvalue weighted by atomic mass is 10.2. The maximum atomic E-state index is 4.37. The standard InChI is InChI=1S/C13H19N5/c1-11(13-12(2)16-5-6-17-13)15-4-3-8-18-9-7-14-10-18/h5-7,9-11,15H,3-4,8H2,1-2H3. The van der Waals surface area contributed by atoms with Crippen LogP contribution < -0.4 is 5.32 Å². The van der Waals surface area contributed by atoms with E-state index in [9.17, 15) is 0 Å². The second kappa shape index (κ2) is 6.26. The maximum absolute atomic E-state index is 4.37. The SMILES string of the molecule is Cc1nccnc1C(C)NCCCn1ccnc1. The van der Waals surface area contributed by atoms with Gasteiger partial charge in [-0.15, -0.1) is 0 Å². The van der Waals surface area contributed by atoms with Crippen LogP contribution >= 0.6 is 0 Å². The molecular weight excluding hydrogens is 226 g/mol. The molecule has 1 N–H and O–H groups in total. The van der Waals surface area contributed by atoms with E-state index in [0.29, 0.717) is 0 Å². The van der Waals surface area contributed by atoms with Crippen LogP contribution in [0.15, 0.2) is 31.1 Å². The summed E-state index contributed by atoms with van der Waals surface area (Å²) in [5.74, 6) is 0. The van der Waals surface area contributed by atoms with E-state index in [-0.39, 0.29) is 6.04 Å². The van der Waals surface area contributed by atoms with Gasteiger partial charge in [0.1, 0.15) is 0 Å². The van der Waals surface area contributed by atoms with Crippen molar-refractivity contribution in [1.29, 1.82) is 0 Å². The average Bonchev–Trinajstić information content (AvgIpc) is 2.88. The first-order valence-corrected chi connectivity index (χ1v) is 6.24. The third-order valence-electron chi connectivity index (χ3n) is 2.93. The quantitative estimate of drug-likeness (QED) is 0.787. The Labute approximate surface area is 107 Å². The van der Waals surface area contributed by atoms with E-state index in [2.05, 4.69) is 31.8 Å². The van der Waals surface area contributed by atoms with Crippen molar-refractivity contribution in [3.8, 4) is 0 Å². The summed E-state index contributed by atoms with van der Waals surface area (Å²) in [6.45, 7) is 6.05. The topological polar surface area (TPSA) is 55.6 Å². The predicted octanol–water partition coefficient (Wildman–Crippen LogP) is 1.72. The molecule has 0 aliphatic rings. The Morgan fingerprint density at radius 3 is 2.83 bits per heavy atom. The summed E-state index contributed by atoms with van der Waals surface area (Å²) in [6.07, 6.45) is 10.2. The Bertz CT molecular complexity index is 466. The number of nitrogens with zero attached hydrogens (tertiary/aromatic N) is 4. The summed E-state index contributed by atoms with van der Waals surface area (Å²) in [5.41, 5.74) is 2.02. The lowest BCUT2D eigenvalue weighted by Crippen LogP contribution is -2.22. The Kier molecular flexibility index (Phi) is 4.41. The first-order chi connectivity index (χ1) is 8.77. The summed E-state index contributed by atoms with van der Waals surface area (Å²) in [6, 6.07) is 0.237. The van der Waals surface area contributed by atoms with Crippen LogP contribution in [0.2, 0.25) is 0 Å². The molecule has 18 heavy (non-hydrogen) atoms. The molecule has 0 aliphatic carbocycles. The molecule has 2 heterocycles. The lowest BCUT2D eigenvalue weighted by Gasteiger charge is -2.14. The number of aryl methyl sites for hydroxylation is 2. The normalized spacial score (nSPS) is 12.6. The molecule has 2 rings (SSSR count). The van der Waals surface area contributed by atoms with E-state index in [0.717, 1.165) is 30.9 Å². The highest BCUT2D eigenvalue weighted by Crippen LogP contribution is 2.11. The van der Waals surface area contributed by atoms with E-state index in [1.165, 1.54) is 0 Å². The molecule has 0 saturated heterocycles. The van der Waals surface area contributed by atoms with Crippen molar-refractivity contribution in [2.24, 2.45) is 0 Å². The number of hydrogen-bond donors (Lipinski definition) is 1. The van der Waals surface area contributed by atoms with Gasteiger partial charge in [-0.25, -0.2) is 4.98 Å². The molecule has 5 nitrogen and oxygen atoms in total. The second-order valence-corrected chi connectivity index (χ2v) is 4.36. The first kappa shape index (κ1) is 12.7. The van der Waals surface area contributed by atoms with Gasteiger partial charge in [0.2, 0.25) is 0 Å². The van der Waals surface area contributed by atoms with Gasteiger partial charge in [0.05, 0.1) is 17.7 Å². The third kappa shape index (κ3) is 3.37. The van der Waals surface area contributed by atoms with Gasteiger partial charge < -0.3 is 9.88 Å². The van der Waals surface area contributed by atoms with Gasteiger partial charge in [-0.1, -0.05) is 0 Å². The third-order valence-corrected chi connectivity index (χ3v) is 2.93. The molecule has 5 heteroatoms. The molecule has 0 amide bonds. The van der Waals surface area contributed by atoms with Gasteiger partial charge in [-0.2, -0.15) is 0 Å². The largest absolute Gasteiger partial charge is 0.337 e. The number of aromatic nitrogens is 4. The van der Waals surface area contributed by atoms with Crippen LogP contribution in [0.5, 0.6) is 0 Å². The summed E-state index contributed by atoms with van der Waals surface area (Å²) in [4.78, 5) is 12.6. The second-order valence-electron chi connectivity index (χ2n) is 4.36. The van der Waals surface area contributed by atoms with Crippen LogP contribution in [0, 0.1) is 6.92 Å². The number of imidazole rings is 1. The Morgan fingerprint density at radius 2 is 2.11 bits per heavy atom. The molecular formula is C13H19N5. The fourth-order valence-electron chi connectivity index (χ4n) is 1.94. The fourth-order valence-corrected chi connectivity index (χ4v) is 1.94. The zero-order valence-electron chi connectivity index (χ0n) is 10.9. The van der Waals surface area contributed by atoms with E-state index >= 15 is 0 Å². The van der Waals surface area contributed by atoms with E-state index in [1.807, 2.05) is 19.4 Å². The summed E-state index contributed by atoms with van der Waals surface area (Å²) >= 11 is 0. The molecule has 0 bridgehead atoms. The summed E-state index contributed by atoms with van der Waals surface area (Å²) in [5, 5.41) is 3.47. The monoisotopic (exact) mass is 245 g/mol. The van der Waals surface area contributed by atoms with Crippen LogP contribution in [0.25, 0.3) is 0 Å². The average molecular weight is 245 g/mol. The summed E-state index contributed by atoms with van der Waals surface area (Å²) in [7, 11) is 0. The highest BCUT2D eigenvalue weighted by atomic mass is 15.0. The fraction of sp³-hybridized carbons (Fsp3) is 0.462. The van der Waals surface area contributed by atoms with Crippen LogP contribution in [0.1, 0.15) is 30.8 Å². The van der Waals surface area contributed by atoms with Crippen molar-refractivity contribution in [2.45, 2.75) is 32.9 Å². The van der Waals surface area contributed by atoms with Crippen LogP contribution in [0.3, 0.4) is 0 Å². The van der Waals surface area contributed by atoms with Crippen LogP contribution in [0.4, 0.5) is 0 Å². The van der Waals surface area contributed by atoms with E-state index in [4.69, 9.17) is 0 Å². The smallest absolute Gasteiger partial charge is 0.0945 e. The number of nitrogens with one attached hydrogen (secondary N) is 1. The van der Waals surface area contributed by atoms with Crippen molar-refractivity contribution in [2.75, 3.05) is 6.54 Å². The van der Waals surface area contributed by atoms with E-state index in [1.54, 1.807) is 18.6 Å². The molecule has 0 fully saturated rings. The molecule has 0 aliphatic heterocycles. The van der Waals surface area contributed by atoms with Crippen LogP contribution in [-0.4, -0.2) is 26.1 Å². The van der Waals surface area contributed by atoms with Crippen LogP contribution in [-0.2, 0) is 6.54 Å². The van der Waals surface area contributed by atoms with E-state index < -0.39 is 0 Å². The highest BCUT2D eigenvalue weighted by Gasteiger charge is 2.08. The molecule has 0 spiro atoms. The van der Waals surface area contributed by atoms with Crippen molar-refractivity contribution in [1.82, 2.24) is 24.8 Å². The maximum Gasteiger partial charge on any atom is 0.0945 e. The van der Waals surface area contributed by atoms with Crippen molar-refractivity contribution in [3.63, 3.8) is 0 Å². The molecule has 0 saturated carbocycles. The summed E-state index contributed by atoms with van der Waals surface area (Å²) < 4.78 is 2.08. The van der Waals surface area contributed by atoms with Crippen molar-refractivity contribution in [3.05, 3.63) is 42.5 Å². The van der Waals surface area contributed by atoms with Gasteiger partial charge in [-0.3, -0.25) is 9.97 Å². The van der Waals surface area contributed by atoms with Gasteiger partial charge in [0, 0.05) is 37.4 Å². The Balaban J connectivity index is 1.75. The molecule has 1 unspecified atom stereocenters. The van der Waals surface area contributed by atoms with Gasteiger partial charge >= 0.3 is 0 Å². The molecule has 1 atom stereocenters. The van der Waals surface area contributed by atoms with Gasteiger partial charge in [0.25, 0.3) is 0 Å². The number of hydrogen-bond acceptors (Lipinski definition) is 4. The van der Waals surface area contributed by atoms with Gasteiger partial charge in [-0.05, 0) is 26.8 Å². The predicted molar refractivity (Wildman–Crippen MR) is 70.0 cm³/mol. The molecule has 96 valence electrons. The molecule has 2 aromatic rings. The minimum Gasteiger partial charge on any atom is -0.337 e. The van der Waals surface area contributed by atoms with Crippen molar-refractivity contribution < 1.29 is 0 Å². The lowest BCUT2D eigenvalue weighted by molar-refractivity contribution is 0.516. The molecule has 2 aromatic heterocycles. The Morgan fingerprint density at radius 1 is 1.28 bits per heavy atom. The first-order valence-electron chi connectivity index (χ1n) is 6.24. The Hall–Kier alpha value is -1.75. The molecule has 0 aromatic carbocycles. The molecule has 0 radical (unpaired) electrons. The minimum absolute atomic E-state index is 0.237. The minimum atomic E-state index is 0.237.